The van der Waals surface area contributed by atoms with Gasteiger partial charge in [0, 0.05) is 17.6 Å². The molecule has 1 aliphatic heterocycles. The predicted molar refractivity (Wildman–Crippen MR) is 56.2 cm³/mol. The van der Waals surface area contributed by atoms with Crippen LogP contribution in [0.2, 0.25) is 0 Å². The Labute approximate surface area is 90.3 Å². The number of rotatable bonds is 1. The molecular formula is C10H10BrNO2. The molecule has 74 valence electrons. The lowest BCUT2D eigenvalue weighted by Gasteiger charge is -2.23. The average Bonchev–Trinajstić information content (AvgIpc) is 2.16. The third kappa shape index (κ3) is 1.67. The van der Waals surface area contributed by atoms with Gasteiger partial charge in [0.1, 0.15) is 0 Å². The summed E-state index contributed by atoms with van der Waals surface area (Å²) in [7, 11) is 0. The van der Waals surface area contributed by atoms with E-state index in [4.69, 9.17) is 5.11 Å². The first-order valence-electron chi connectivity index (χ1n) is 4.40. The zero-order valence-corrected chi connectivity index (χ0v) is 9.04. The third-order valence-corrected chi connectivity index (χ3v) is 2.94. The molecule has 0 radical (unpaired) electrons. The Hall–Kier alpha value is -0.870. The summed E-state index contributed by atoms with van der Waals surface area (Å²) in [6.45, 7) is 1.27. The van der Waals surface area contributed by atoms with E-state index in [9.17, 15) is 4.79 Å². The lowest BCUT2D eigenvalue weighted by atomic mass is 9.91. The topological polar surface area (TPSA) is 49.3 Å². The van der Waals surface area contributed by atoms with Crippen molar-refractivity contribution in [1.29, 1.82) is 0 Å². The van der Waals surface area contributed by atoms with Crippen LogP contribution >= 0.6 is 15.9 Å². The van der Waals surface area contributed by atoms with Crippen LogP contribution in [0, 0.1) is 0 Å². The van der Waals surface area contributed by atoms with Gasteiger partial charge in [-0.3, -0.25) is 4.79 Å². The first-order valence-corrected chi connectivity index (χ1v) is 5.19. The van der Waals surface area contributed by atoms with E-state index in [-0.39, 0.29) is 0 Å². The Morgan fingerprint density at radius 2 is 2.36 bits per heavy atom. The summed E-state index contributed by atoms with van der Waals surface area (Å²) in [5.74, 6) is -1.17. The summed E-state index contributed by atoms with van der Waals surface area (Å²) in [4.78, 5) is 11.0. The maximum Gasteiger partial charge on any atom is 0.312 e. The summed E-state index contributed by atoms with van der Waals surface area (Å²) in [6, 6.07) is 5.75. The summed E-state index contributed by atoms with van der Waals surface area (Å²) in [5, 5.41) is 12.1. The SMILES string of the molecule is O=C(O)C1CNCc2cc(Br)ccc21. The van der Waals surface area contributed by atoms with E-state index in [0.29, 0.717) is 6.54 Å². The molecule has 0 bridgehead atoms. The number of carbonyl (C=O) groups is 1. The first-order chi connectivity index (χ1) is 6.68. The van der Waals surface area contributed by atoms with Crippen LogP contribution in [0.4, 0.5) is 0 Å². The summed E-state index contributed by atoms with van der Waals surface area (Å²) in [6.07, 6.45) is 0. The normalized spacial score (nSPS) is 20.2. The zero-order chi connectivity index (χ0) is 10.1. The van der Waals surface area contributed by atoms with E-state index in [1.54, 1.807) is 0 Å². The second-order valence-corrected chi connectivity index (χ2v) is 4.28. The van der Waals surface area contributed by atoms with Crippen molar-refractivity contribution in [3.63, 3.8) is 0 Å². The van der Waals surface area contributed by atoms with Crippen molar-refractivity contribution >= 4 is 21.9 Å². The number of fused-ring (bicyclic) bond motifs is 1. The maximum absolute atomic E-state index is 11.0. The highest BCUT2D eigenvalue weighted by molar-refractivity contribution is 9.10. The number of aliphatic carboxylic acids is 1. The number of carboxylic acid groups (broad SMARTS) is 1. The predicted octanol–water partition coefficient (Wildman–Crippen LogP) is 1.72. The molecule has 0 aliphatic carbocycles. The van der Waals surface area contributed by atoms with E-state index in [2.05, 4.69) is 21.2 Å². The third-order valence-electron chi connectivity index (χ3n) is 2.44. The molecule has 1 unspecified atom stereocenters. The molecule has 2 rings (SSSR count). The fourth-order valence-corrected chi connectivity index (χ4v) is 2.16. The molecule has 0 saturated heterocycles. The van der Waals surface area contributed by atoms with Crippen molar-refractivity contribution in [2.24, 2.45) is 0 Å². The number of hydrogen-bond acceptors (Lipinski definition) is 2. The van der Waals surface area contributed by atoms with Gasteiger partial charge in [0.2, 0.25) is 0 Å². The van der Waals surface area contributed by atoms with Crippen molar-refractivity contribution in [1.82, 2.24) is 5.32 Å². The fraction of sp³-hybridized carbons (Fsp3) is 0.300. The van der Waals surface area contributed by atoms with E-state index >= 15 is 0 Å². The highest BCUT2D eigenvalue weighted by Gasteiger charge is 2.25. The van der Waals surface area contributed by atoms with Gasteiger partial charge < -0.3 is 10.4 Å². The van der Waals surface area contributed by atoms with E-state index in [1.807, 2.05) is 18.2 Å². The van der Waals surface area contributed by atoms with Gasteiger partial charge in [-0.1, -0.05) is 22.0 Å². The van der Waals surface area contributed by atoms with Crippen molar-refractivity contribution in [3.8, 4) is 0 Å². The quantitative estimate of drug-likeness (QED) is 0.804. The molecule has 14 heavy (non-hydrogen) atoms. The number of nitrogens with one attached hydrogen (secondary N) is 1. The van der Waals surface area contributed by atoms with Crippen LogP contribution in [-0.4, -0.2) is 17.6 Å². The lowest BCUT2D eigenvalue weighted by molar-refractivity contribution is -0.138. The van der Waals surface area contributed by atoms with Gasteiger partial charge in [-0.2, -0.15) is 0 Å². The smallest absolute Gasteiger partial charge is 0.312 e. The van der Waals surface area contributed by atoms with Gasteiger partial charge in [-0.15, -0.1) is 0 Å². The molecule has 1 atom stereocenters. The number of benzene rings is 1. The van der Waals surface area contributed by atoms with Gasteiger partial charge in [-0.25, -0.2) is 0 Å². The molecular weight excluding hydrogens is 246 g/mol. The number of carboxylic acids is 1. The van der Waals surface area contributed by atoms with Gasteiger partial charge in [-0.05, 0) is 23.3 Å². The van der Waals surface area contributed by atoms with E-state index in [1.165, 1.54) is 0 Å². The van der Waals surface area contributed by atoms with Crippen molar-refractivity contribution < 1.29 is 9.90 Å². The van der Waals surface area contributed by atoms with Gasteiger partial charge in [0.15, 0.2) is 0 Å². The van der Waals surface area contributed by atoms with Crippen molar-refractivity contribution in [2.45, 2.75) is 12.5 Å². The standard InChI is InChI=1S/C10H10BrNO2/c11-7-1-2-8-6(3-7)4-12-5-9(8)10(13)14/h1-3,9,12H,4-5H2,(H,13,14). The largest absolute Gasteiger partial charge is 0.481 e. The van der Waals surface area contributed by atoms with Gasteiger partial charge in [0.25, 0.3) is 0 Å². The van der Waals surface area contributed by atoms with Crippen LogP contribution in [0.1, 0.15) is 17.0 Å². The summed E-state index contributed by atoms with van der Waals surface area (Å²) >= 11 is 3.37. The Morgan fingerprint density at radius 3 is 3.07 bits per heavy atom. The molecule has 0 saturated carbocycles. The van der Waals surface area contributed by atoms with Crippen LogP contribution < -0.4 is 5.32 Å². The Morgan fingerprint density at radius 1 is 1.57 bits per heavy atom. The van der Waals surface area contributed by atoms with Gasteiger partial charge >= 0.3 is 5.97 Å². The van der Waals surface area contributed by atoms with Crippen LogP contribution in [0.25, 0.3) is 0 Å². The van der Waals surface area contributed by atoms with E-state index in [0.717, 1.165) is 22.1 Å². The minimum atomic E-state index is -0.763. The lowest BCUT2D eigenvalue weighted by Crippen LogP contribution is -2.32. The molecule has 1 aromatic rings. The molecule has 2 N–H and O–H groups in total. The van der Waals surface area contributed by atoms with E-state index < -0.39 is 11.9 Å². The molecule has 0 fully saturated rings. The van der Waals surface area contributed by atoms with Crippen molar-refractivity contribution in [2.75, 3.05) is 6.54 Å². The minimum Gasteiger partial charge on any atom is -0.481 e. The fourth-order valence-electron chi connectivity index (χ4n) is 1.75. The molecule has 0 amide bonds. The first kappa shape index (κ1) is 9.68. The number of halogens is 1. The van der Waals surface area contributed by atoms with Gasteiger partial charge in [0.05, 0.1) is 5.92 Å². The molecule has 1 aliphatic rings. The number of hydrogen-bond donors (Lipinski definition) is 2. The monoisotopic (exact) mass is 255 g/mol. The summed E-state index contributed by atoms with van der Waals surface area (Å²) in [5.41, 5.74) is 2.00. The van der Waals surface area contributed by atoms with Crippen LogP contribution in [0.5, 0.6) is 0 Å². The highest BCUT2D eigenvalue weighted by Crippen LogP contribution is 2.26. The molecule has 1 aromatic carbocycles. The second kappa shape index (κ2) is 3.71. The highest BCUT2D eigenvalue weighted by atomic mass is 79.9. The molecule has 0 aromatic heterocycles. The zero-order valence-electron chi connectivity index (χ0n) is 7.46. The minimum absolute atomic E-state index is 0.410. The molecule has 4 heteroatoms. The molecule has 1 heterocycles. The molecule has 0 spiro atoms. The maximum atomic E-state index is 11.0. The van der Waals surface area contributed by atoms with Crippen molar-refractivity contribution in [3.05, 3.63) is 33.8 Å². The van der Waals surface area contributed by atoms with Crippen LogP contribution in [0.3, 0.4) is 0 Å². The Bertz CT molecular complexity index is 378. The Kier molecular flexibility index (Phi) is 2.56. The second-order valence-electron chi connectivity index (χ2n) is 3.36. The summed E-state index contributed by atoms with van der Waals surface area (Å²) < 4.78 is 0.990. The Balaban J connectivity index is 2.44. The molecule has 3 nitrogen and oxygen atoms in total. The average molecular weight is 256 g/mol. The van der Waals surface area contributed by atoms with Crippen LogP contribution in [-0.2, 0) is 11.3 Å². The van der Waals surface area contributed by atoms with Crippen LogP contribution in [0.15, 0.2) is 22.7 Å².